The van der Waals surface area contributed by atoms with Gasteiger partial charge in [-0.2, -0.15) is 5.10 Å². The highest BCUT2D eigenvalue weighted by atomic mass is 19.1. The zero-order chi connectivity index (χ0) is 26.6. The molecule has 38 heavy (non-hydrogen) atoms. The number of benzene rings is 1. The topological polar surface area (TPSA) is 131 Å². The van der Waals surface area contributed by atoms with Crippen molar-refractivity contribution in [2.24, 2.45) is 0 Å². The van der Waals surface area contributed by atoms with E-state index in [4.69, 9.17) is 8.83 Å². The molecule has 5 aromatic rings. The summed E-state index contributed by atoms with van der Waals surface area (Å²) in [6.45, 7) is -0.100. The van der Waals surface area contributed by atoms with Gasteiger partial charge in [0.2, 0.25) is 0 Å². The number of aromatic nitrogens is 4. The summed E-state index contributed by atoms with van der Waals surface area (Å²) in [4.78, 5) is 37.9. The molecule has 0 amide bonds. The van der Waals surface area contributed by atoms with Gasteiger partial charge in [-0.3, -0.25) is 24.2 Å². The first kappa shape index (κ1) is 24.4. The quantitative estimate of drug-likeness (QED) is 0.215. The summed E-state index contributed by atoms with van der Waals surface area (Å²) in [5, 5.41) is 16.3. The zero-order valence-electron chi connectivity index (χ0n) is 19.8. The maximum absolute atomic E-state index is 14.0. The number of hydrogen-bond donors (Lipinski definition) is 0. The highest BCUT2D eigenvalue weighted by Crippen LogP contribution is 2.18. The maximum atomic E-state index is 14.0. The van der Waals surface area contributed by atoms with E-state index >= 15 is 0 Å². The predicted octanol–water partition coefficient (Wildman–Crippen LogP) is 3.76. The van der Waals surface area contributed by atoms with Crippen LogP contribution in [0.5, 0.6) is 0 Å². The van der Waals surface area contributed by atoms with Crippen LogP contribution in [0.25, 0.3) is 12.2 Å². The monoisotopic (exact) mass is 517 g/mol. The Morgan fingerprint density at radius 2 is 1.63 bits per heavy atom. The van der Waals surface area contributed by atoms with Crippen LogP contribution < -0.4 is 11.2 Å². The molecule has 5 rings (SSSR count). The first-order valence-corrected chi connectivity index (χ1v) is 11.4. The molecule has 0 spiro atoms. The summed E-state index contributed by atoms with van der Waals surface area (Å²) in [6.07, 6.45) is 11.5. The Bertz CT molecular complexity index is 1730. The predicted molar refractivity (Wildman–Crippen MR) is 134 cm³/mol. The van der Waals surface area contributed by atoms with Gasteiger partial charge in [0.25, 0.3) is 0 Å². The van der Waals surface area contributed by atoms with Crippen molar-refractivity contribution in [3.63, 3.8) is 0 Å². The van der Waals surface area contributed by atoms with Gasteiger partial charge in [-0.05, 0) is 30.4 Å². The average molecular weight is 517 g/mol. The standard InChI is InChI=1S/C26H20FN5O6/c27-22-4-2-1-3-21(22)15-29-12-18(11-28-29)5-6-23-24(32(35)36)25(33)31(14-20-8-10-38-17-20)26(34)30(23)13-19-7-9-37-16-19/h1-12,16-17H,13-15H2/b6-5+. The maximum Gasteiger partial charge on any atom is 0.357 e. The highest BCUT2D eigenvalue weighted by molar-refractivity contribution is 5.71. The first-order valence-electron chi connectivity index (χ1n) is 11.4. The van der Waals surface area contributed by atoms with Crippen molar-refractivity contribution in [3.8, 4) is 0 Å². The molecule has 0 aliphatic heterocycles. The number of halogens is 1. The molecule has 0 bridgehead atoms. The van der Waals surface area contributed by atoms with Crippen LogP contribution in [0.2, 0.25) is 0 Å². The molecule has 192 valence electrons. The average Bonchev–Trinajstić information content (AvgIpc) is 3.67. The van der Waals surface area contributed by atoms with Crippen LogP contribution in [0.1, 0.15) is 27.9 Å². The molecule has 0 fully saturated rings. The summed E-state index contributed by atoms with van der Waals surface area (Å²) >= 11 is 0. The van der Waals surface area contributed by atoms with Gasteiger partial charge in [-0.15, -0.1) is 0 Å². The van der Waals surface area contributed by atoms with Gasteiger partial charge in [0.1, 0.15) is 11.5 Å². The Morgan fingerprint density at radius 1 is 0.947 bits per heavy atom. The normalized spacial score (nSPS) is 11.4. The molecule has 0 aliphatic rings. The Balaban J connectivity index is 1.57. The Hall–Kier alpha value is -5.26. The van der Waals surface area contributed by atoms with E-state index in [0.29, 0.717) is 22.3 Å². The third kappa shape index (κ3) is 5.00. The lowest BCUT2D eigenvalue weighted by Crippen LogP contribution is -2.42. The minimum atomic E-state index is -1.04. The van der Waals surface area contributed by atoms with Crippen LogP contribution in [-0.2, 0) is 19.6 Å². The van der Waals surface area contributed by atoms with Crippen LogP contribution in [0.4, 0.5) is 10.1 Å². The van der Waals surface area contributed by atoms with E-state index in [2.05, 4.69) is 5.10 Å². The van der Waals surface area contributed by atoms with Gasteiger partial charge in [0, 0.05) is 28.5 Å². The van der Waals surface area contributed by atoms with Gasteiger partial charge < -0.3 is 8.83 Å². The fourth-order valence-electron chi connectivity index (χ4n) is 3.99. The molecule has 0 aliphatic carbocycles. The van der Waals surface area contributed by atoms with E-state index in [-0.39, 0.29) is 31.1 Å². The molecular formula is C26H20FN5O6. The lowest BCUT2D eigenvalue weighted by molar-refractivity contribution is -0.387. The van der Waals surface area contributed by atoms with Gasteiger partial charge >= 0.3 is 16.9 Å². The van der Waals surface area contributed by atoms with Gasteiger partial charge in [0.15, 0.2) is 0 Å². The molecule has 0 saturated heterocycles. The minimum Gasteiger partial charge on any atom is -0.472 e. The van der Waals surface area contributed by atoms with Gasteiger partial charge in [0.05, 0.1) is 55.8 Å². The van der Waals surface area contributed by atoms with Crippen LogP contribution in [0.3, 0.4) is 0 Å². The second kappa shape index (κ2) is 10.4. The van der Waals surface area contributed by atoms with Crippen molar-refractivity contribution in [1.82, 2.24) is 18.9 Å². The summed E-state index contributed by atoms with van der Waals surface area (Å²) in [7, 11) is 0. The van der Waals surface area contributed by atoms with Crippen LogP contribution in [0, 0.1) is 15.9 Å². The number of nitro groups is 1. The molecule has 0 atom stereocenters. The summed E-state index contributed by atoms with van der Waals surface area (Å²) < 4.78 is 27.5. The van der Waals surface area contributed by atoms with E-state index in [1.807, 2.05) is 0 Å². The number of rotatable bonds is 9. The second-order valence-electron chi connectivity index (χ2n) is 8.41. The molecule has 11 nitrogen and oxygen atoms in total. The molecule has 0 unspecified atom stereocenters. The smallest absolute Gasteiger partial charge is 0.357 e. The molecule has 0 saturated carbocycles. The fraction of sp³-hybridized carbons (Fsp3) is 0.115. The Labute approximate surface area is 213 Å². The third-order valence-electron chi connectivity index (χ3n) is 5.84. The van der Waals surface area contributed by atoms with E-state index in [1.54, 1.807) is 36.5 Å². The molecule has 1 aromatic carbocycles. The molecular weight excluding hydrogens is 497 g/mol. The van der Waals surface area contributed by atoms with Crippen molar-refractivity contribution in [3.05, 3.63) is 139 Å². The number of hydrogen-bond acceptors (Lipinski definition) is 7. The van der Waals surface area contributed by atoms with E-state index < -0.39 is 21.9 Å². The van der Waals surface area contributed by atoms with Crippen LogP contribution in [-0.4, -0.2) is 23.8 Å². The molecule has 12 heteroatoms. The van der Waals surface area contributed by atoms with Gasteiger partial charge in [-0.1, -0.05) is 18.2 Å². The summed E-state index contributed by atoms with van der Waals surface area (Å²) in [5.74, 6) is -0.366. The summed E-state index contributed by atoms with van der Waals surface area (Å²) in [5.41, 5.74) is -0.681. The van der Waals surface area contributed by atoms with E-state index in [0.717, 1.165) is 9.13 Å². The number of furan rings is 2. The minimum absolute atomic E-state index is 0.0753. The largest absolute Gasteiger partial charge is 0.472 e. The molecule has 4 aromatic heterocycles. The highest BCUT2D eigenvalue weighted by Gasteiger charge is 2.27. The van der Waals surface area contributed by atoms with Crippen molar-refractivity contribution < 1.29 is 18.1 Å². The fourth-order valence-corrected chi connectivity index (χ4v) is 3.99. The lowest BCUT2D eigenvalue weighted by atomic mass is 10.2. The van der Waals surface area contributed by atoms with Crippen molar-refractivity contribution in [2.75, 3.05) is 0 Å². The van der Waals surface area contributed by atoms with Crippen LogP contribution >= 0.6 is 0 Å². The lowest BCUT2D eigenvalue weighted by Gasteiger charge is -2.13. The third-order valence-corrected chi connectivity index (χ3v) is 5.84. The van der Waals surface area contributed by atoms with E-state index in [9.17, 15) is 24.1 Å². The molecule has 0 N–H and O–H groups in total. The van der Waals surface area contributed by atoms with Gasteiger partial charge in [-0.25, -0.2) is 13.8 Å². The number of nitrogens with zero attached hydrogens (tertiary/aromatic N) is 5. The Kier molecular flexibility index (Phi) is 6.68. The molecule has 0 radical (unpaired) electrons. The SMILES string of the molecule is O=c1c([N+](=O)[O-])c(/C=C/c2cnn(Cc3ccccc3F)c2)n(Cc2ccoc2)c(=O)n1Cc1ccoc1. The van der Waals surface area contributed by atoms with E-state index in [1.165, 1.54) is 54.1 Å². The van der Waals surface area contributed by atoms with Crippen LogP contribution in [0.15, 0.2) is 92.3 Å². The summed E-state index contributed by atoms with van der Waals surface area (Å²) in [6, 6.07) is 9.48. The molecule has 4 heterocycles. The zero-order valence-corrected chi connectivity index (χ0v) is 19.8. The second-order valence-corrected chi connectivity index (χ2v) is 8.41. The first-order chi connectivity index (χ1) is 18.4. The van der Waals surface area contributed by atoms with Crippen molar-refractivity contribution in [1.29, 1.82) is 0 Å². The van der Waals surface area contributed by atoms with Crippen molar-refractivity contribution >= 4 is 17.8 Å². The Morgan fingerprint density at radius 3 is 2.26 bits per heavy atom. The van der Waals surface area contributed by atoms with Crippen molar-refractivity contribution in [2.45, 2.75) is 19.6 Å².